The van der Waals surface area contributed by atoms with Crippen molar-refractivity contribution in [1.29, 1.82) is 5.26 Å². The fraction of sp³-hybridized carbons (Fsp3) is 0.529. The monoisotopic (exact) mass is 316 g/mol. The minimum absolute atomic E-state index is 0.0575. The van der Waals surface area contributed by atoms with Gasteiger partial charge in [-0.15, -0.1) is 0 Å². The average Bonchev–Trinajstić information content (AvgIpc) is 2.60. The van der Waals surface area contributed by atoms with Gasteiger partial charge in [0.2, 0.25) is 0 Å². The Balaban J connectivity index is 1.71. The first kappa shape index (κ1) is 15.8. The molecule has 1 aromatic carbocycles. The zero-order valence-corrected chi connectivity index (χ0v) is 12.8. The van der Waals surface area contributed by atoms with E-state index in [-0.39, 0.29) is 30.1 Å². The van der Waals surface area contributed by atoms with E-state index in [1.54, 1.807) is 24.3 Å². The quantitative estimate of drug-likeness (QED) is 0.872. The second-order valence-electron chi connectivity index (χ2n) is 6.07. The second-order valence-corrected chi connectivity index (χ2v) is 6.07. The number of amides is 1. The topological polar surface area (TPSA) is 91.6 Å². The van der Waals surface area contributed by atoms with E-state index in [0.29, 0.717) is 30.9 Å². The van der Waals surface area contributed by atoms with E-state index in [2.05, 4.69) is 5.32 Å². The Labute approximate surface area is 135 Å². The maximum Gasteiger partial charge on any atom is 0.255 e. The highest BCUT2D eigenvalue weighted by molar-refractivity contribution is 5.97. The van der Waals surface area contributed by atoms with Crippen molar-refractivity contribution in [3.8, 4) is 11.8 Å². The Bertz CT molecular complexity index is 619. The van der Waals surface area contributed by atoms with Crippen LogP contribution >= 0.6 is 0 Å². The molecule has 1 aromatic rings. The molecule has 23 heavy (non-hydrogen) atoms. The SMILES string of the molecule is N#CCOc1ccccc1C(=O)N[C@@H]1C[C@@H](O)C12CCOCC2. The van der Waals surface area contributed by atoms with Crippen molar-refractivity contribution in [2.24, 2.45) is 5.41 Å². The number of aliphatic hydroxyl groups is 1. The van der Waals surface area contributed by atoms with Gasteiger partial charge in [0, 0.05) is 24.7 Å². The van der Waals surface area contributed by atoms with Crippen LogP contribution in [0.5, 0.6) is 5.75 Å². The lowest BCUT2D eigenvalue weighted by Gasteiger charge is -2.55. The summed E-state index contributed by atoms with van der Waals surface area (Å²) in [7, 11) is 0. The van der Waals surface area contributed by atoms with Gasteiger partial charge in [0.05, 0.1) is 11.7 Å². The zero-order valence-electron chi connectivity index (χ0n) is 12.8. The largest absolute Gasteiger partial charge is 0.478 e. The number of nitriles is 1. The molecule has 2 aliphatic rings. The number of rotatable bonds is 4. The highest BCUT2D eigenvalue weighted by Crippen LogP contribution is 2.49. The first-order valence-corrected chi connectivity index (χ1v) is 7.83. The Morgan fingerprint density at radius 2 is 2.17 bits per heavy atom. The van der Waals surface area contributed by atoms with Gasteiger partial charge < -0.3 is 19.9 Å². The van der Waals surface area contributed by atoms with Crippen LogP contribution in [0.2, 0.25) is 0 Å². The lowest BCUT2D eigenvalue weighted by Crippen LogP contribution is -2.65. The summed E-state index contributed by atoms with van der Waals surface area (Å²) in [5.74, 6) is 0.161. The van der Waals surface area contributed by atoms with Crippen LogP contribution in [0.4, 0.5) is 0 Å². The molecule has 3 rings (SSSR count). The number of aliphatic hydroxyl groups excluding tert-OH is 1. The fourth-order valence-electron chi connectivity index (χ4n) is 3.53. The molecular weight excluding hydrogens is 296 g/mol. The molecule has 0 radical (unpaired) electrons. The number of carbonyl (C=O) groups is 1. The van der Waals surface area contributed by atoms with Crippen molar-refractivity contribution < 1.29 is 19.4 Å². The van der Waals surface area contributed by atoms with Crippen LogP contribution < -0.4 is 10.1 Å². The third-order valence-electron chi connectivity index (χ3n) is 4.97. The smallest absolute Gasteiger partial charge is 0.255 e. The molecule has 1 saturated carbocycles. The summed E-state index contributed by atoms with van der Waals surface area (Å²) >= 11 is 0. The van der Waals surface area contributed by atoms with Crippen molar-refractivity contribution in [3.05, 3.63) is 29.8 Å². The van der Waals surface area contributed by atoms with Gasteiger partial charge in [-0.05, 0) is 31.4 Å². The zero-order chi connectivity index (χ0) is 16.3. The van der Waals surface area contributed by atoms with Crippen LogP contribution in [0.3, 0.4) is 0 Å². The van der Waals surface area contributed by atoms with Gasteiger partial charge in [-0.2, -0.15) is 5.26 Å². The standard InChI is InChI=1S/C17H20N2O4/c18-7-10-23-13-4-2-1-3-12(13)16(21)19-14-11-15(20)17(14)5-8-22-9-6-17/h1-4,14-15,20H,5-6,8-11H2,(H,19,21)/t14-,15-/m1/s1. The van der Waals surface area contributed by atoms with E-state index in [1.165, 1.54) is 0 Å². The first-order valence-electron chi connectivity index (χ1n) is 7.83. The third kappa shape index (κ3) is 2.90. The summed E-state index contributed by atoms with van der Waals surface area (Å²) in [4.78, 5) is 12.6. The highest BCUT2D eigenvalue weighted by Gasteiger charge is 2.55. The van der Waals surface area contributed by atoms with Crippen molar-refractivity contribution in [2.45, 2.75) is 31.4 Å². The molecule has 2 N–H and O–H groups in total. The molecular formula is C17H20N2O4. The molecule has 0 unspecified atom stereocenters. The van der Waals surface area contributed by atoms with Gasteiger partial charge in [-0.3, -0.25) is 4.79 Å². The molecule has 1 saturated heterocycles. The van der Waals surface area contributed by atoms with Gasteiger partial charge in [0.15, 0.2) is 6.61 Å². The molecule has 1 heterocycles. The third-order valence-corrected chi connectivity index (χ3v) is 4.97. The minimum Gasteiger partial charge on any atom is -0.478 e. The number of hydrogen-bond acceptors (Lipinski definition) is 5. The van der Waals surface area contributed by atoms with E-state index in [9.17, 15) is 9.90 Å². The van der Waals surface area contributed by atoms with E-state index in [0.717, 1.165) is 12.8 Å². The molecule has 0 aromatic heterocycles. The number of benzene rings is 1. The van der Waals surface area contributed by atoms with E-state index in [4.69, 9.17) is 14.7 Å². The molecule has 2 atom stereocenters. The molecule has 6 heteroatoms. The Kier molecular flexibility index (Phi) is 4.51. The Morgan fingerprint density at radius 3 is 2.87 bits per heavy atom. The van der Waals surface area contributed by atoms with Crippen molar-refractivity contribution in [3.63, 3.8) is 0 Å². The maximum atomic E-state index is 12.6. The summed E-state index contributed by atoms with van der Waals surface area (Å²) in [6, 6.07) is 8.70. The summed E-state index contributed by atoms with van der Waals surface area (Å²) < 4.78 is 10.7. The van der Waals surface area contributed by atoms with Gasteiger partial charge in [-0.25, -0.2) is 0 Å². The van der Waals surface area contributed by atoms with E-state index < -0.39 is 0 Å². The number of nitrogens with one attached hydrogen (secondary N) is 1. The predicted octanol–water partition coefficient (Wildman–Crippen LogP) is 1.25. The first-order chi connectivity index (χ1) is 11.2. The Hall–Kier alpha value is -2.10. The minimum atomic E-state index is -0.387. The van der Waals surface area contributed by atoms with Crippen LogP contribution in [0.15, 0.2) is 24.3 Å². The van der Waals surface area contributed by atoms with Crippen LogP contribution in [-0.4, -0.2) is 43.0 Å². The van der Waals surface area contributed by atoms with E-state index in [1.807, 2.05) is 6.07 Å². The lowest BCUT2D eigenvalue weighted by molar-refractivity contribution is -0.145. The van der Waals surface area contributed by atoms with Crippen LogP contribution in [0.25, 0.3) is 0 Å². The van der Waals surface area contributed by atoms with Gasteiger partial charge in [-0.1, -0.05) is 12.1 Å². The molecule has 0 bridgehead atoms. The molecule has 1 aliphatic heterocycles. The fourth-order valence-corrected chi connectivity index (χ4v) is 3.53. The number of ether oxygens (including phenoxy) is 2. The summed E-state index contributed by atoms with van der Waals surface area (Å²) in [6.07, 6.45) is 1.69. The molecule has 1 spiro atoms. The maximum absolute atomic E-state index is 12.6. The molecule has 122 valence electrons. The summed E-state index contributed by atoms with van der Waals surface area (Å²) in [5, 5.41) is 21.8. The molecule has 6 nitrogen and oxygen atoms in total. The lowest BCUT2D eigenvalue weighted by atomic mass is 9.58. The van der Waals surface area contributed by atoms with Gasteiger partial charge in [0.25, 0.3) is 5.91 Å². The van der Waals surface area contributed by atoms with Crippen molar-refractivity contribution >= 4 is 5.91 Å². The van der Waals surface area contributed by atoms with Crippen LogP contribution in [0.1, 0.15) is 29.6 Å². The number of hydrogen-bond donors (Lipinski definition) is 2. The Morgan fingerprint density at radius 1 is 1.43 bits per heavy atom. The number of para-hydroxylation sites is 1. The average molecular weight is 316 g/mol. The van der Waals surface area contributed by atoms with Gasteiger partial charge >= 0.3 is 0 Å². The summed E-state index contributed by atoms with van der Waals surface area (Å²) in [5.41, 5.74) is 0.141. The normalized spacial score (nSPS) is 25.2. The van der Waals surface area contributed by atoms with Crippen LogP contribution in [-0.2, 0) is 4.74 Å². The second kappa shape index (κ2) is 6.57. The number of nitrogens with zero attached hydrogens (tertiary/aromatic N) is 1. The summed E-state index contributed by atoms with van der Waals surface area (Å²) in [6.45, 7) is 1.13. The molecule has 1 aliphatic carbocycles. The highest BCUT2D eigenvalue weighted by atomic mass is 16.5. The predicted molar refractivity (Wildman–Crippen MR) is 81.9 cm³/mol. The number of carbonyl (C=O) groups excluding carboxylic acids is 1. The van der Waals surface area contributed by atoms with Gasteiger partial charge in [0.1, 0.15) is 11.8 Å². The van der Waals surface area contributed by atoms with E-state index >= 15 is 0 Å². The van der Waals surface area contributed by atoms with Crippen molar-refractivity contribution in [1.82, 2.24) is 5.32 Å². The molecule has 1 amide bonds. The van der Waals surface area contributed by atoms with Crippen LogP contribution in [0, 0.1) is 16.7 Å². The van der Waals surface area contributed by atoms with Crippen molar-refractivity contribution in [2.75, 3.05) is 19.8 Å². The molecule has 2 fully saturated rings.